The topological polar surface area (TPSA) is 93.2 Å². The van der Waals surface area contributed by atoms with Crippen molar-refractivity contribution >= 4 is 27.2 Å². The number of sulfonamides is 1. The van der Waals surface area contributed by atoms with Crippen LogP contribution in [0.1, 0.15) is 6.92 Å². The average molecular weight is 309 g/mol. The van der Waals surface area contributed by atoms with Crippen LogP contribution in [0.4, 0.5) is 17.2 Å². The highest BCUT2D eigenvalue weighted by Crippen LogP contribution is 2.23. The van der Waals surface area contributed by atoms with Gasteiger partial charge in [0.15, 0.2) is 5.82 Å². The smallest absolute Gasteiger partial charge is 0.267 e. The van der Waals surface area contributed by atoms with Crippen molar-refractivity contribution in [1.29, 1.82) is 0 Å². The van der Waals surface area contributed by atoms with Crippen LogP contribution in [-0.4, -0.2) is 32.3 Å². The van der Waals surface area contributed by atoms with Gasteiger partial charge in [0.1, 0.15) is 4.90 Å². The molecule has 8 heteroatoms. The summed E-state index contributed by atoms with van der Waals surface area (Å²) in [5.41, 5.74) is 7.05. The van der Waals surface area contributed by atoms with Crippen molar-refractivity contribution in [3.8, 4) is 0 Å². The zero-order chi connectivity index (χ0) is 15.6. The molecule has 0 aliphatic rings. The normalized spacial score (nSPS) is 11.4. The van der Waals surface area contributed by atoms with Crippen molar-refractivity contribution in [2.24, 2.45) is 0 Å². The number of benzene rings is 1. The van der Waals surface area contributed by atoms with Crippen LogP contribution in [-0.2, 0) is 16.6 Å². The molecule has 0 bridgehead atoms. The number of anilines is 3. The summed E-state index contributed by atoms with van der Waals surface area (Å²) in [5.74, 6) is -0.00638. The van der Waals surface area contributed by atoms with E-state index in [2.05, 4.69) is 9.82 Å². The van der Waals surface area contributed by atoms with Gasteiger partial charge in [-0.1, -0.05) is 6.07 Å². The first-order valence-electron chi connectivity index (χ1n) is 6.46. The summed E-state index contributed by atoms with van der Waals surface area (Å²) >= 11 is 0. The van der Waals surface area contributed by atoms with Gasteiger partial charge in [-0.2, -0.15) is 5.10 Å². The number of hydrogen-bond acceptors (Lipinski definition) is 5. The molecule has 0 aliphatic heterocycles. The summed E-state index contributed by atoms with van der Waals surface area (Å²) < 4.78 is 28.8. The standard InChI is InChI=1S/C13H19N5O2S/c1-4-18-9-12(13(14)15-18)21(19,20)16-10-6-5-7-11(8-10)17(2)3/h5-9,16H,4H2,1-3H3,(H2,14,15). The van der Waals surface area contributed by atoms with Crippen LogP contribution in [0.3, 0.4) is 0 Å². The first-order chi connectivity index (χ1) is 9.83. The Hall–Kier alpha value is -2.22. The van der Waals surface area contributed by atoms with E-state index in [1.54, 1.807) is 18.2 Å². The molecule has 2 aromatic rings. The predicted octanol–water partition coefficient (Wildman–Crippen LogP) is 1.35. The fourth-order valence-corrected chi connectivity index (χ4v) is 2.97. The van der Waals surface area contributed by atoms with Crippen LogP contribution in [0.25, 0.3) is 0 Å². The van der Waals surface area contributed by atoms with Gasteiger partial charge in [0.05, 0.1) is 5.69 Å². The number of nitrogens with one attached hydrogen (secondary N) is 1. The molecule has 0 amide bonds. The van der Waals surface area contributed by atoms with Gasteiger partial charge in [0.2, 0.25) is 0 Å². The number of nitrogens with two attached hydrogens (primary N) is 1. The monoisotopic (exact) mass is 309 g/mol. The van der Waals surface area contributed by atoms with Gasteiger partial charge in [-0.3, -0.25) is 9.40 Å². The summed E-state index contributed by atoms with van der Waals surface area (Å²) in [5, 5.41) is 3.95. The lowest BCUT2D eigenvalue weighted by Gasteiger charge is -2.14. The second-order valence-corrected chi connectivity index (χ2v) is 6.44. The zero-order valence-corrected chi connectivity index (χ0v) is 13.1. The van der Waals surface area contributed by atoms with E-state index in [1.807, 2.05) is 32.0 Å². The van der Waals surface area contributed by atoms with Crippen LogP contribution >= 0.6 is 0 Å². The van der Waals surface area contributed by atoms with Crippen LogP contribution in [0.2, 0.25) is 0 Å². The molecular formula is C13H19N5O2S. The van der Waals surface area contributed by atoms with Crippen LogP contribution in [0.5, 0.6) is 0 Å². The Morgan fingerprint density at radius 1 is 1.38 bits per heavy atom. The van der Waals surface area contributed by atoms with E-state index in [-0.39, 0.29) is 10.7 Å². The van der Waals surface area contributed by atoms with E-state index in [4.69, 9.17) is 5.73 Å². The number of hydrogen-bond donors (Lipinski definition) is 2. The molecule has 7 nitrogen and oxygen atoms in total. The van der Waals surface area contributed by atoms with Crippen molar-refractivity contribution in [3.05, 3.63) is 30.5 Å². The Balaban J connectivity index is 2.33. The van der Waals surface area contributed by atoms with Crippen molar-refractivity contribution in [2.45, 2.75) is 18.4 Å². The van der Waals surface area contributed by atoms with E-state index in [0.29, 0.717) is 12.2 Å². The van der Waals surface area contributed by atoms with Gasteiger partial charge in [-0.05, 0) is 25.1 Å². The minimum atomic E-state index is -3.75. The van der Waals surface area contributed by atoms with Gasteiger partial charge in [0, 0.05) is 32.5 Å². The van der Waals surface area contributed by atoms with Gasteiger partial charge in [-0.25, -0.2) is 8.42 Å². The Labute approximate surface area is 124 Å². The summed E-state index contributed by atoms with van der Waals surface area (Å²) in [7, 11) is 0.0190. The molecular weight excluding hydrogens is 290 g/mol. The van der Waals surface area contributed by atoms with Gasteiger partial charge < -0.3 is 10.6 Å². The van der Waals surface area contributed by atoms with E-state index in [0.717, 1.165) is 5.69 Å². The largest absolute Gasteiger partial charge is 0.381 e. The average Bonchev–Trinajstić information content (AvgIpc) is 2.80. The molecule has 1 aromatic carbocycles. The lowest BCUT2D eigenvalue weighted by Crippen LogP contribution is -2.15. The second kappa shape index (κ2) is 5.65. The first-order valence-corrected chi connectivity index (χ1v) is 7.95. The third-order valence-corrected chi connectivity index (χ3v) is 4.38. The maximum absolute atomic E-state index is 12.4. The van der Waals surface area contributed by atoms with Crippen LogP contribution < -0.4 is 15.4 Å². The van der Waals surface area contributed by atoms with Gasteiger partial charge in [0.25, 0.3) is 10.0 Å². The highest BCUT2D eigenvalue weighted by molar-refractivity contribution is 7.92. The minimum Gasteiger partial charge on any atom is -0.381 e. The Bertz CT molecular complexity index is 737. The van der Waals surface area contributed by atoms with Crippen molar-refractivity contribution in [1.82, 2.24) is 9.78 Å². The first kappa shape index (κ1) is 15.2. The van der Waals surface area contributed by atoms with Gasteiger partial charge >= 0.3 is 0 Å². The molecule has 1 aromatic heterocycles. The summed E-state index contributed by atoms with van der Waals surface area (Å²) in [6, 6.07) is 7.11. The quantitative estimate of drug-likeness (QED) is 0.869. The number of rotatable bonds is 5. The number of nitrogen functional groups attached to an aromatic ring is 1. The zero-order valence-electron chi connectivity index (χ0n) is 12.2. The number of aryl methyl sites for hydroxylation is 1. The molecule has 0 unspecified atom stereocenters. The summed E-state index contributed by atoms with van der Waals surface area (Å²) in [4.78, 5) is 1.88. The number of aromatic nitrogens is 2. The highest BCUT2D eigenvalue weighted by atomic mass is 32.2. The molecule has 0 saturated heterocycles. The molecule has 2 rings (SSSR count). The molecule has 21 heavy (non-hydrogen) atoms. The van der Waals surface area contributed by atoms with Gasteiger partial charge in [-0.15, -0.1) is 0 Å². The molecule has 1 heterocycles. The lowest BCUT2D eigenvalue weighted by atomic mass is 10.3. The third-order valence-electron chi connectivity index (χ3n) is 2.98. The summed E-state index contributed by atoms with van der Waals surface area (Å²) in [6.07, 6.45) is 1.42. The molecule has 0 atom stereocenters. The van der Waals surface area contributed by atoms with E-state index in [1.165, 1.54) is 10.9 Å². The third kappa shape index (κ3) is 3.27. The van der Waals surface area contributed by atoms with E-state index in [9.17, 15) is 8.42 Å². The Morgan fingerprint density at radius 2 is 2.10 bits per heavy atom. The maximum Gasteiger partial charge on any atom is 0.267 e. The van der Waals surface area contributed by atoms with Crippen LogP contribution in [0.15, 0.2) is 35.4 Å². The predicted molar refractivity (Wildman–Crippen MR) is 83.9 cm³/mol. The van der Waals surface area contributed by atoms with Crippen molar-refractivity contribution in [2.75, 3.05) is 29.5 Å². The molecule has 0 spiro atoms. The highest BCUT2D eigenvalue weighted by Gasteiger charge is 2.21. The molecule has 0 aliphatic carbocycles. The maximum atomic E-state index is 12.4. The molecule has 0 fully saturated rings. The fraction of sp³-hybridized carbons (Fsp3) is 0.308. The van der Waals surface area contributed by atoms with E-state index < -0.39 is 10.0 Å². The Kier molecular flexibility index (Phi) is 4.08. The second-order valence-electron chi connectivity index (χ2n) is 4.78. The Morgan fingerprint density at radius 3 is 2.67 bits per heavy atom. The SMILES string of the molecule is CCn1cc(S(=O)(=O)Nc2cccc(N(C)C)c2)c(N)n1. The molecule has 0 saturated carbocycles. The fourth-order valence-electron chi connectivity index (χ4n) is 1.84. The van der Waals surface area contributed by atoms with E-state index >= 15 is 0 Å². The van der Waals surface area contributed by atoms with Crippen molar-refractivity contribution in [3.63, 3.8) is 0 Å². The summed E-state index contributed by atoms with van der Waals surface area (Å²) in [6.45, 7) is 2.41. The molecule has 0 radical (unpaired) electrons. The molecule has 3 N–H and O–H groups in total. The number of nitrogens with zero attached hydrogens (tertiary/aromatic N) is 3. The lowest BCUT2D eigenvalue weighted by molar-refractivity contribution is 0.600. The van der Waals surface area contributed by atoms with Crippen molar-refractivity contribution < 1.29 is 8.42 Å². The molecule has 114 valence electrons. The minimum absolute atomic E-state index is 0.00638. The van der Waals surface area contributed by atoms with Crippen LogP contribution in [0, 0.1) is 0 Å².